The zero-order valence-corrected chi connectivity index (χ0v) is 7.57. The molecule has 1 aromatic carbocycles. The molecular weight excluding hydrogens is 164 g/mol. The first kappa shape index (κ1) is 9.68. The zero-order valence-electron chi connectivity index (χ0n) is 7.57. The topological polar surface area (TPSA) is 26.3 Å². The van der Waals surface area contributed by atoms with Crippen LogP contribution in [0.3, 0.4) is 0 Å². The zero-order chi connectivity index (χ0) is 9.68. The van der Waals surface area contributed by atoms with Gasteiger partial charge >= 0.3 is 0 Å². The van der Waals surface area contributed by atoms with Gasteiger partial charge in [0, 0.05) is 12.7 Å². The normalized spacial score (nSPS) is 12.1. The van der Waals surface area contributed by atoms with Crippen LogP contribution in [0.15, 0.2) is 43.0 Å². The molecule has 0 aromatic heterocycles. The van der Waals surface area contributed by atoms with E-state index in [1.807, 2.05) is 18.2 Å². The molecule has 0 aliphatic rings. The molecule has 2 nitrogen and oxygen atoms in total. The van der Waals surface area contributed by atoms with Gasteiger partial charge in [-0.15, -0.1) is 6.58 Å². The van der Waals surface area contributed by atoms with Crippen LogP contribution in [-0.2, 0) is 4.74 Å². The molecule has 0 N–H and O–H groups in total. The number of methoxy groups -OCH3 is 1. The van der Waals surface area contributed by atoms with E-state index in [0.29, 0.717) is 5.56 Å². The fourth-order valence-electron chi connectivity index (χ4n) is 1.08. The Hall–Kier alpha value is -1.41. The van der Waals surface area contributed by atoms with Crippen molar-refractivity contribution in [3.8, 4) is 0 Å². The van der Waals surface area contributed by atoms with E-state index in [9.17, 15) is 4.79 Å². The van der Waals surface area contributed by atoms with Crippen LogP contribution in [0.1, 0.15) is 10.4 Å². The van der Waals surface area contributed by atoms with E-state index in [2.05, 4.69) is 6.58 Å². The van der Waals surface area contributed by atoms with E-state index >= 15 is 0 Å². The third-order valence-electron chi connectivity index (χ3n) is 1.78. The average Bonchev–Trinajstić information content (AvgIpc) is 2.21. The number of ketones is 1. The van der Waals surface area contributed by atoms with E-state index in [-0.39, 0.29) is 5.78 Å². The van der Waals surface area contributed by atoms with Gasteiger partial charge in [0.15, 0.2) is 5.78 Å². The predicted octanol–water partition coefficient (Wildman–Crippen LogP) is 2.07. The second-order valence-electron chi connectivity index (χ2n) is 2.62. The highest BCUT2D eigenvalue weighted by Gasteiger charge is 2.14. The van der Waals surface area contributed by atoms with Gasteiger partial charge in [0.1, 0.15) is 6.10 Å². The van der Waals surface area contributed by atoms with Gasteiger partial charge in [-0.25, -0.2) is 0 Å². The van der Waals surface area contributed by atoms with Crippen molar-refractivity contribution in [2.75, 3.05) is 7.11 Å². The lowest BCUT2D eigenvalue weighted by Crippen LogP contribution is -2.20. The van der Waals surface area contributed by atoms with E-state index < -0.39 is 6.10 Å². The van der Waals surface area contributed by atoms with Gasteiger partial charge in [0.05, 0.1) is 0 Å². The van der Waals surface area contributed by atoms with Crippen LogP contribution in [0.4, 0.5) is 0 Å². The van der Waals surface area contributed by atoms with E-state index in [0.717, 1.165) is 0 Å². The molecule has 0 saturated carbocycles. The molecule has 0 bridgehead atoms. The standard InChI is InChI=1S/C11H12O2/c1-3-10(13-2)11(12)9-7-5-4-6-8-9/h3-8,10H,1H2,2H3. The van der Waals surface area contributed by atoms with Crippen LogP contribution in [0.5, 0.6) is 0 Å². The number of Topliss-reactive ketones (excluding diaryl/α,β-unsaturated/α-hetero) is 1. The molecule has 0 fully saturated rings. The summed E-state index contributed by atoms with van der Waals surface area (Å²) in [4.78, 5) is 11.6. The fourth-order valence-corrected chi connectivity index (χ4v) is 1.08. The summed E-state index contributed by atoms with van der Waals surface area (Å²) >= 11 is 0. The summed E-state index contributed by atoms with van der Waals surface area (Å²) < 4.78 is 4.95. The summed E-state index contributed by atoms with van der Waals surface area (Å²) in [5, 5.41) is 0. The molecule has 0 aliphatic heterocycles. The minimum atomic E-state index is -0.539. The Kier molecular flexibility index (Phi) is 3.41. The van der Waals surface area contributed by atoms with Gasteiger partial charge in [-0.1, -0.05) is 36.4 Å². The fraction of sp³-hybridized carbons (Fsp3) is 0.182. The predicted molar refractivity (Wildman–Crippen MR) is 51.8 cm³/mol. The molecular formula is C11H12O2. The minimum absolute atomic E-state index is 0.0573. The largest absolute Gasteiger partial charge is 0.369 e. The maximum absolute atomic E-state index is 11.6. The molecule has 1 unspecified atom stereocenters. The van der Waals surface area contributed by atoms with Crippen LogP contribution in [0, 0.1) is 0 Å². The number of rotatable bonds is 4. The molecule has 13 heavy (non-hydrogen) atoms. The lowest BCUT2D eigenvalue weighted by Gasteiger charge is -2.08. The lowest BCUT2D eigenvalue weighted by molar-refractivity contribution is 0.0720. The Bertz CT molecular complexity index is 290. The summed E-state index contributed by atoms with van der Waals surface area (Å²) in [6.07, 6.45) is 0.956. The minimum Gasteiger partial charge on any atom is -0.369 e. The summed E-state index contributed by atoms with van der Waals surface area (Å²) in [5.41, 5.74) is 0.647. The number of carbonyl (C=O) groups is 1. The number of benzene rings is 1. The maximum atomic E-state index is 11.6. The van der Waals surface area contributed by atoms with E-state index in [4.69, 9.17) is 4.74 Å². The first-order valence-electron chi connectivity index (χ1n) is 4.04. The molecule has 0 amide bonds. The molecule has 68 valence electrons. The molecule has 1 aromatic rings. The molecule has 0 spiro atoms. The number of hydrogen-bond donors (Lipinski definition) is 0. The molecule has 0 aliphatic carbocycles. The number of ether oxygens (including phenoxy) is 1. The van der Waals surface area contributed by atoms with Crippen molar-refractivity contribution < 1.29 is 9.53 Å². The van der Waals surface area contributed by atoms with Crippen LogP contribution in [0.25, 0.3) is 0 Å². The third kappa shape index (κ3) is 2.26. The Morgan fingerprint density at radius 3 is 2.54 bits per heavy atom. The second kappa shape index (κ2) is 4.58. The second-order valence-corrected chi connectivity index (χ2v) is 2.62. The van der Waals surface area contributed by atoms with E-state index in [1.54, 1.807) is 12.1 Å². The molecule has 2 heteroatoms. The first-order chi connectivity index (χ1) is 6.29. The van der Waals surface area contributed by atoms with Gasteiger partial charge in [0.2, 0.25) is 0 Å². The molecule has 1 rings (SSSR count). The highest BCUT2D eigenvalue weighted by atomic mass is 16.5. The number of hydrogen-bond acceptors (Lipinski definition) is 2. The van der Waals surface area contributed by atoms with Crippen molar-refractivity contribution >= 4 is 5.78 Å². The molecule has 0 heterocycles. The molecule has 0 saturated heterocycles. The summed E-state index contributed by atoms with van der Waals surface area (Å²) in [7, 11) is 1.49. The molecule has 1 atom stereocenters. The van der Waals surface area contributed by atoms with Gasteiger partial charge in [-0.3, -0.25) is 4.79 Å². The average molecular weight is 176 g/mol. The molecule has 0 radical (unpaired) electrons. The number of carbonyl (C=O) groups excluding carboxylic acids is 1. The van der Waals surface area contributed by atoms with Crippen LogP contribution in [-0.4, -0.2) is 19.0 Å². The quantitative estimate of drug-likeness (QED) is 0.518. The summed E-state index contributed by atoms with van der Waals surface area (Å²) in [5.74, 6) is -0.0573. The van der Waals surface area contributed by atoms with Gasteiger partial charge in [0.25, 0.3) is 0 Å². The van der Waals surface area contributed by atoms with E-state index in [1.165, 1.54) is 13.2 Å². The Morgan fingerprint density at radius 2 is 2.08 bits per heavy atom. The first-order valence-corrected chi connectivity index (χ1v) is 4.04. The van der Waals surface area contributed by atoms with Crippen molar-refractivity contribution in [3.63, 3.8) is 0 Å². The highest BCUT2D eigenvalue weighted by molar-refractivity contribution is 6.00. The van der Waals surface area contributed by atoms with Crippen molar-refractivity contribution in [1.82, 2.24) is 0 Å². The van der Waals surface area contributed by atoms with Gasteiger partial charge in [-0.05, 0) is 0 Å². The smallest absolute Gasteiger partial charge is 0.195 e. The summed E-state index contributed by atoms with van der Waals surface area (Å²) in [6.45, 7) is 3.53. The van der Waals surface area contributed by atoms with Crippen molar-refractivity contribution in [2.24, 2.45) is 0 Å². The SMILES string of the molecule is C=CC(OC)C(=O)c1ccccc1. The van der Waals surface area contributed by atoms with Crippen LogP contribution < -0.4 is 0 Å². The Labute approximate surface area is 77.8 Å². The van der Waals surface area contributed by atoms with Crippen molar-refractivity contribution in [1.29, 1.82) is 0 Å². The van der Waals surface area contributed by atoms with Crippen molar-refractivity contribution in [3.05, 3.63) is 48.6 Å². The lowest BCUT2D eigenvalue weighted by atomic mass is 10.1. The monoisotopic (exact) mass is 176 g/mol. The Morgan fingerprint density at radius 1 is 1.46 bits per heavy atom. The third-order valence-corrected chi connectivity index (χ3v) is 1.78. The van der Waals surface area contributed by atoms with Gasteiger partial charge in [-0.2, -0.15) is 0 Å². The summed E-state index contributed by atoms with van der Waals surface area (Å²) in [6, 6.07) is 9.04. The Balaban J connectivity index is 2.84. The maximum Gasteiger partial charge on any atom is 0.195 e. The van der Waals surface area contributed by atoms with Crippen LogP contribution in [0.2, 0.25) is 0 Å². The van der Waals surface area contributed by atoms with Crippen molar-refractivity contribution in [2.45, 2.75) is 6.10 Å². The van der Waals surface area contributed by atoms with Crippen LogP contribution >= 0.6 is 0 Å². The van der Waals surface area contributed by atoms with Gasteiger partial charge < -0.3 is 4.74 Å². The highest BCUT2D eigenvalue weighted by Crippen LogP contribution is 2.05.